The van der Waals surface area contributed by atoms with Crippen LogP contribution in [0.25, 0.3) is 0 Å². The summed E-state index contributed by atoms with van der Waals surface area (Å²) in [6, 6.07) is 0. The molecule has 17 nitrogen and oxygen atoms in total. The van der Waals surface area contributed by atoms with Gasteiger partial charge in [-0.2, -0.15) is 0 Å². The van der Waals surface area contributed by atoms with Crippen molar-refractivity contribution < 1.29 is 80.2 Å². The SMILES string of the molecule is CC/C=C\C/C=C\C/C=C\C/C=C\C/C=C\C/C=C\CCC(=O)OC[C@H](COP(=O)(O)OC[C@@H](O)COP(=O)(O)OC[C@@H](COC(=O)CCCCCCC/C=C\CCCCCCCC)OC(=O)CCC/C=C\C/C=C\C/C=C\C/C=C\CCCCC)OC(=O)CCCCCCC/C=C\CCCCCCCC. The van der Waals surface area contributed by atoms with E-state index in [9.17, 15) is 43.2 Å². The Morgan fingerprint density at radius 3 is 0.877 bits per heavy atom. The average molecular weight is 1530 g/mol. The molecule has 0 radical (unpaired) electrons. The summed E-state index contributed by atoms with van der Waals surface area (Å²) in [5, 5.41) is 10.6. The second-order valence-electron chi connectivity index (χ2n) is 27.0. The van der Waals surface area contributed by atoms with Crippen LogP contribution in [0.15, 0.2) is 146 Å². The molecular formula is C87H146O17P2. The van der Waals surface area contributed by atoms with Crippen molar-refractivity contribution in [2.24, 2.45) is 0 Å². The van der Waals surface area contributed by atoms with Crippen LogP contribution < -0.4 is 0 Å². The first-order valence-corrected chi connectivity index (χ1v) is 44.1. The number of phosphoric ester groups is 2. The number of aliphatic hydroxyl groups excluding tert-OH is 1. The quantitative estimate of drug-likeness (QED) is 0.0169. The number of carbonyl (C=O) groups excluding carboxylic acids is 4. The number of hydrogen-bond donors (Lipinski definition) is 3. The molecule has 2 unspecified atom stereocenters. The number of esters is 4. The van der Waals surface area contributed by atoms with Gasteiger partial charge in [0.15, 0.2) is 12.2 Å². The fourth-order valence-electron chi connectivity index (χ4n) is 10.5. The minimum atomic E-state index is -5.01. The highest BCUT2D eigenvalue weighted by atomic mass is 31.2. The highest BCUT2D eigenvalue weighted by Gasteiger charge is 2.30. The zero-order valence-corrected chi connectivity index (χ0v) is 68.1. The van der Waals surface area contributed by atoms with Crippen LogP contribution in [0.2, 0.25) is 0 Å². The Hall–Kier alpha value is -5.06. The van der Waals surface area contributed by atoms with E-state index >= 15 is 0 Å². The van der Waals surface area contributed by atoms with E-state index < -0.39 is 97.5 Å². The van der Waals surface area contributed by atoms with Crippen molar-refractivity contribution in [3.05, 3.63) is 146 Å². The van der Waals surface area contributed by atoms with Gasteiger partial charge in [0, 0.05) is 25.7 Å². The molecule has 0 aromatic heterocycles. The number of carbonyl (C=O) groups is 4. The lowest BCUT2D eigenvalue weighted by Crippen LogP contribution is -2.30. The van der Waals surface area contributed by atoms with Crippen LogP contribution in [0, 0.1) is 0 Å². The van der Waals surface area contributed by atoms with Crippen molar-refractivity contribution in [2.45, 2.75) is 341 Å². The number of aliphatic hydroxyl groups is 1. The topological polar surface area (TPSA) is 237 Å². The van der Waals surface area contributed by atoms with Gasteiger partial charge in [-0.15, -0.1) is 0 Å². The lowest BCUT2D eigenvalue weighted by molar-refractivity contribution is -0.161. The molecule has 606 valence electrons. The smallest absolute Gasteiger partial charge is 0.462 e. The number of unbranched alkanes of at least 4 members (excludes halogenated alkanes) is 26. The number of ether oxygens (including phenoxy) is 4. The third-order valence-electron chi connectivity index (χ3n) is 16.8. The Kier molecular flexibility index (Phi) is 74.3. The number of hydrogen-bond acceptors (Lipinski definition) is 15. The second-order valence-corrected chi connectivity index (χ2v) is 29.9. The summed E-state index contributed by atoms with van der Waals surface area (Å²) in [7, 11) is -10.0. The van der Waals surface area contributed by atoms with Gasteiger partial charge in [0.25, 0.3) is 0 Å². The molecule has 106 heavy (non-hydrogen) atoms. The zero-order chi connectivity index (χ0) is 77.4. The van der Waals surface area contributed by atoms with Crippen LogP contribution in [0.1, 0.15) is 323 Å². The van der Waals surface area contributed by atoms with Crippen molar-refractivity contribution in [1.82, 2.24) is 0 Å². The first-order valence-electron chi connectivity index (χ1n) is 41.1. The van der Waals surface area contributed by atoms with Gasteiger partial charge < -0.3 is 33.8 Å². The summed E-state index contributed by atoms with van der Waals surface area (Å²) in [6.45, 7) is 4.57. The monoisotopic (exact) mass is 1530 g/mol. The molecule has 5 atom stereocenters. The number of rotatable bonds is 76. The van der Waals surface area contributed by atoms with Crippen molar-refractivity contribution in [1.29, 1.82) is 0 Å². The van der Waals surface area contributed by atoms with E-state index in [0.717, 1.165) is 135 Å². The van der Waals surface area contributed by atoms with Crippen LogP contribution in [0.4, 0.5) is 0 Å². The lowest BCUT2D eigenvalue weighted by atomic mass is 10.1. The Bertz CT molecular complexity index is 2580. The van der Waals surface area contributed by atoms with Crippen LogP contribution in [0.5, 0.6) is 0 Å². The minimum Gasteiger partial charge on any atom is -0.462 e. The van der Waals surface area contributed by atoms with Gasteiger partial charge in [-0.3, -0.25) is 37.3 Å². The molecule has 0 heterocycles. The van der Waals surface area contributed by atoms with E-state index in [1.54, 1.807) is 0 Å². The van der Waals surface area contributed by atoms with Crippen LogP contribution >= 0.6 is 15.6 Å². The predicted molar refractivity (Wildman–Crippen MR) is 436 cm³/mol. The summed E-state index contributed by atoms with van der Waals surface area (Å²) < 4.78 is 68.5. The van der Waals surface area contributed by atoms with Gasteiger partial charge >= 0.3 is 39.5 Å². The summed E-state index contributed by atoms with van der Waals surface area (Å²) >= 11 is 0. The molecule has 0 bridgehead atoms. The highest BCUT2D eigenvalue weighted by Crippen LogP contribution is 2.45. The molecule has 0 aliphatic carbocycles. The number of allylic oxidation sites excluding steroid dienone is 24. The Labute approximate surface area is 643 Å². The van der Waals surface area contributed by atoms with Gasteiger partial charge in [0.05, 0.1) is 26.4 Å². The molecule has 0 fully saturated rings. The third kappa shape index (κ3) is 77.1. The van der Waals surface area contributed by atoms with Gasteiger partial charge in [-0.05, 0) is 154 Å². The molecule has 0 spiro atoms. The van der Waals surface area contributed by atoms with Crippen molar-refractivity contribution in [3.63, 3.8) is 0 Å². The fraction of sp³-hybridized carbons (Fsp3) is 0.678. The lowest BCUT2D eigenvalue weighted by Gasteiger charge is -2.21. The normalized spacial score (nSPS) is 14.6. The zero-order valence-electron chi connectivity index (χ0n) is 66.3. The maximum atomic E-state index is 13.1. The van der Waals surface area contributed by atoms with Crippen molar-refractivity contribution in [3.8, 4) is 0 Å². The van der Waals surface area contributed by atoms with Crippen molar-refractivity contribution in [2.75, 3.05) is 39.6 Å². The summed E-state index contributed by atoms with van der Waals surface area (Å²) in [4.78, 5) is 73.0. The molecule has 19 heteroatoms. The molecule has 0 aromatic rings. The van der Waals surface area contributed by atoms with E-state index in [0.29, 0.717) is 38.5 Å². The van der Waals surface area contributed by atoms with Gasteiger partial charge in [0.1, 0.15) is 19.3 Å². The molecule has 0 amide bonds. The number of phosphoric acid groups is 2. The largest absolute Gasteiger partial charge is 0.472 e. The first kappa shape index (κ1) is 101. The Balaban J connectivity index is 5.50. The average Bonchev–Trinajstić information content (AvgIpc) is 0.905. The van der Waals surface area contributed by atoms with Gasteiger partial charge in [-0.1, -0.05) is 289 Å². The molecule has 0 rings (SSSR count). The van der Waals surface area contributed by atoms with Crippen LogP contribution in [-0.4, -0.2) is 96.7 Å². The highest BCUT2D eigenvalue weighted by molar-refractivity contribution is 7.47. The molecule has 3 N–H and O–H groups in total. The Morgan fingerprint density at radius 1 is 0.274 bits per heavy atom. The fourth-order valence-corrected chi connectivity index (χ4v) is 12.1. The van der Waals surface area contributed by atoms with Crippen molar-refractivity contribution >= 4 is 39.5 Å². The van der Waals surface area contributed by atoms with E-state index in [1.807, 2.05) is 30.4 Å². The summed E-state index contributed by atoms with van der Waals surface area (Å²) in [5.41, 5.74) is 0. The maximum absolute atomic E-state index is 13.1. The second kappa shape index (κ2) is 78.1. The van der Waals surface area contributed by atoms with E-state index in [1.165, 1.54) is 96.3 Å². The third-order valence-corrected chi connectivity index (χ3v) is 18.7. The van der Waals surface area contributed by atoms with Gasteiger partial charge in [-0.25, -0.2) is 9.13 Å². The molecule has 0 aliphatic heterocycles. The van der Waals surface area contributed by atoms with E-state index in [2.05, 4.69) is 143 Å². The molecular weight excluding hydrogens is 1380 g/mol. The molecule has 0 saturated heterocycles. The van der Waals surface area contributed by atoms with Gasteiger partial charge in [0.2, 0.25) is 0 Å². The maximum Gasteiger partial charge on any atom is 0.472 e. The van der Waals surface area contributed by atoms with E-state index in [4.69, 9.17) is 37.0 Å². The Morgan fingerprint density at radius 2 is 0.519 bits per heavy atom. The predicted octanol–water partition coefficient (Wildman–Crippen LogP) is 24.2. The van der Waals surface area contributed by atoms with Crippen LogP contribution in [0.3, 0.4) is 0 Å². The summed E-state index contributed by atoms with van der Waals surface area (Å²) in [6.07, 6.45) is 89.9. The molecule has 0 saturated carbocycles. The van der Waals surface area contributed by atoms with Crippen LogP contribution in [-0.2, 0) is 65.4 Å². The first-order chi connectivity index (χ1) is 51.7. The molecule has 0 aromatic carbocycles. The standard InChI is InChI=1S/C87H146O17P2/c1-5-9-13-17-21-25-29-33-37-39-40-42-45-48-52-56-60-64-68-72-85(90)98-78-82(103-86(91)73-69-65-61-57-53-49-44-36-32-28-24-20-16-12-8-4)79-101-105(93,94)99-75-81(88)76-100-106(95,96)102-80-83(77-97-84(89)71-67-63-59-55-51-47-43-35-31-27-23-19-15-11-7-3)104-87(92)74-70-66-62-58-54-50-46-41-38-34-30-26-22-18-14-10-6-2/h9,13,21-22,25-26,33-38,40,42-44,46,48,50,52,58,60,62,64,81-83,88H,5-8,10-12,14-20,23-24,27-32,39,41,45,47,49,51,53-57,59,61,63,65-80H2,1-4H3,(H,93,94)(H,95,96)/b13-9-,25-21-,26-22-,37-33-,38-34-,42-40-,43-35-,44-36-,50-46-,52-48-,62-58-,64-60-/t81-,82-,83-/m1/s1. The molecule has 0 aliphatic rings. The minimum absolute atomic E-state index is 0.0129. The summed E-state index contributed by atoms with van der Waals surface area (Å²) in [5.74, 6) is -2.36. The van der Waals surface area contributed by atoms with E-state index in [-0.39, 0.29) is 25.7 Å².